The monoisotopic (exact) mass is 304 g/mol. The number of hydrogen-bond acceptors (Lipinski definition) is 2. The Morgan fingerprint density at radius 3 is 1.83 bits per heavy atom. The number of benzene rings is 2. The van der Waals surface area contributed by atoms with Crippen molar-refractivity contribution in [1.29, 1.82) is 0 Å². The Hall–Kier alpha value is -2.48. The summed E-state index contributed by atoms with van der Waals surface area (Å²) in [5, 5.41) is 8.22. The molecule has 0 spiro atoms. The highest BCUT2D eigenvalue weighted by Gasteiger charge is 1.93. The third kappa shape index (κ3) is 6.03. The van der Waals surface area contributed by atoms with E-state index in [1.807, 2.05) is 18.2 Å². The van der Waals surface area contributed by atoms with Crippen LogP contribution in [0.25, 0.3) is 0 Å². The third-order valence-electron chi connectivity index (χ3n) is 3.64. The summed E-state index contributed by atoms with van der Waals surface area (Å²) in [6.07, 6.45) is 9.96. The fraction of sp³-hybridized carbons (Fsp3) is 0.238. The zero-order valence-electron chi connectivity index (χ0n) is 13.8. The third-order valence-corrected chi connectivity index (χ3v) is 3.64. The van der Waals surface area contributed by atoms with E-state index >= 15 is 0 Å². The minimum absolute atomic E-state index is 0.893. The zero-order chi connectivity index (χ0) is 16.3. The Morgan fingerprint density at radius 2 is 1.35 bits per heavy atom. The maximum Gasteiger partial charge on any atom is 0.0568 e. The van der Waals surface area contributed by atoms with Crippen molar-refractivity contribution < 1.29 is 0 Å². The predicted molar refractivity (Wildman–Crippen MR) is 101 cm³/mol. The van der Waals surface area contributed by atoms with Gasteiger partial charge in [0.25, 0.3) is 0 Å². The number of aryl methyl sites for hydroxylation is 1. The average molecular weight is 304 g/mol. The van der Waals surface area contributed by atoms with E-state index in [9.17, 15) is 0 Å². The maximum absolute atomic E-state index is 4.12. The molecule has 2 rings (SSSR count). The molecule has 2 nitrogen and oxygen atoms in total. The van der Waals surface area contributed by atoms with Crippen LogP contribution < -0.4 is 0 Å². The molecule has 0 saturated heterocycles. The maximum atomic E-state index is 4.12. The van der Waals surface area contributed by atoms with Gasteiger partial charge in [-0.05, 0) is 41.5 Å². The highest BCUT2D eigenvalue weighted by molar-refractivity contribution is 5.82. The molecule has 0 saturated carbocycles. The fourth-order valence-corrected chi connectivity index (χ4v) is 2.26. The van der Waals surface area contributed by atoms with Gasteiger partial charge >= 0.3 is 0 Å². The number of hydrogen-bond donors (Lipinski definition) is 0. The van der Waals surface area contributed by atoms with Crippen LogP contribution in [0.1, 0.15) is 42.0 Å². The molecule has 118 valence electrons. The van der Waals surface area contributed by atoms with Crippen LogP contribution in [0, 0.1) is 0 Å². The molecule has 0 aromatic heterocycles. The zero-order valence-corrected chi connectivity index (χ0v) is 13.8. The van der Waals surface area contributed by atoms with Gasteiger partial charge in [0, 0.05) is 0 Å². The highest BCUT2D eigenvalue weighted by Crippen LogP contribution is 2.07. The van der Waals surface area contributed by atoms with Crippen LogP contribution in [0.4, 0.5) is 0 Å². The Labute approximate surface area is 139 Å². The summed E-state index contributed by atoms with van der Waals surface area (Å²) in [4.78, 5) is 0. The Bertz CT molecular complexity index is 649. The molecule has 0 aliphatic carbocycles. The second-order valence-electron chi connectivity index (χ2n) is 5.57. The van der Waals surface area contributed by atoms with Crippen molar-refractivity contribution in [2.45, 2.75) is 32.6 Å². The molecule has 2 heteroatoms. The van der Waals surface area contributed by atoms with E-state index in [4.69, 9.17) is 0 Å². The molecule has 0 bridgehead atoms. The summed E-state index contributed by atoms with van der Waals surface area (Å²) < 4.78 is 0. The number of rotatable bonds is 8. The lowest BCUT2D eigenvalue weighted by Crippen LogP contribution is -1.86. The first-order chi connectivity index (χ1) is 11.3. The van der Waals surface area contributed by atoms with E-state index < -0.39 is 0 Å². The van der Waals surface area contributed by atoms with Gasteiger partial charge < -0.3 is 0 Å². The van der Waals surface area contributed by atoms with Crippen molar-refractivity contribution in [2.24, 2.45) is 10.2 Å². The summed E-state index contributed by atoms with van der Waals surface area (Å²) in [6, 6.07) is 16.8. The molecule has 0 aliphatic rings. The summed E-state index contributed by atoms with van der Waals surface area (Å²) in [6.45, 7) is 5.96. The van der Waals surface area contributed by atoms with Gasteiger partial charge in [-0.25, -0.2) is 0 Å². The van der Waals surface area contributed by atoms with Gasteiger partial charge in [-0.1, -0.05) is 68.0 Å². The first kappa shape index (κ1) is 16.9. The minimum Gasteiger partial charge on any atom is -0.159 e. The summed E-state index contributed by atoms with van der Waals surface area (Å²) in [5.74, 6) is 0. The molecule has 0 N–H and O–H groups in total. The predicted octanol–water partition coefficient (Wildman–Crippen LogP) is 5.21. The van der Waals surface area contributed by atoms with Crippen molar-refractivity contribution in [1.82, 2.24) is 0 Å². The van der Waals surface area contributed by atoms with Crippen LogP contribution >= 0.6 is 0 Å². The molecule has 0 fully saturated rings. The van der Waals surface area contributed by atoms with E-state index in [1.54, 1.807) is 12.4 Å². The van der Waals surface area contributed by atoms with E-state index in [2.05, 4.69) is 60.1 Å². The topological polar surface area (TPSA) is 24.7 Å². The van der Waals surface area contributed by atoms with Crippen molar-refractivity contribution in [3.05, 3.63) is 83.4 Å². The molecular weight excluding hydrogens is 280 g/mol. The van der Waals surface area contributed by atoms with Crippen molar-refractivity contribution in [3.8, 4) is 0 Å². The average Bonchev–Trinajstić information content (AvgIpc) is 2.59. The van der Waals surface area contributed by atoms with E-state index in [1.165, 1.54) is 24.0 Å². The van der Waals surface area contributed by atoms with Crippen LogP contribution in [-0.2, 0) is 12.8 Å². The van der Waals surface area contributed by atoms with Crippen LogP contribution in [0.2, 0.25) is 0 Å². The number of allylic oxidation sites excluding steroid dienone is 1. The SMILES string of the molecule is C=CCc1ccc(C=NN=Cc2ccc(CCCC)cc2)cc1. The molecule has 2 aromatic rings. The molecule has 0 unspecified atom stereocenters. The molecule has 0 amide bonds. The van der Waals surface area contributed by atoms with Gasteiger partial charge in [0.1, 0.15) is 0 Å². The summed E-state index contributed by atoms with van der Waals surface area (Å²) >= 11 is 0. The standard InChI is InChI=1S/C21H24N2/c1-3-5-7-19-10-14-21(15-11-19)17-23-22-16-20-12-8-18(6-4-2)9-13-20/h4,8-17H,2-3,5-7H2,1H3. The Morgan fingerprint density at radius 1 is 0.826 bits per heavy atom. The van der Waals surface area contributed by atoms with E-state index in [0.717, 1.165) is 24.0 Å². The van der Waals surface area contributed by atoms with Gasteiger partial charge in [-0.3, -0.25) is 0 Å². The summed E-state index contributed by atoms with van der Waals surface area (Å²) in [5.41, 5.74) is 4.75. The van der Waals surface area contributed by atoms with Crippen LogP contribution in [0.3, 0.4) is 0 Å². The van der Waals surface area contributed by atoms with Gasteiger partial charge in [-0.15, -0.1) is 6.58 Å². The highest BCUT2D eigenvalue weighted by atomic mass is 15.2. The normalized spacial score (nSPS) is 11.3. The van der Waals surface area contributed by atoms with E-state index in [0.29, 0.717) is 0 Å². The largest absolute Gasteiger partial charge is 0.159 e. The van der Waals surface area contributed by atoms with Crippen LogP contribution in [0.15, 0.2) is 71.4 Å². The molecule has 23 heavy (non-hydrogen) atoms. The molecule has 0 heterocycles. The number of nitrogens with zero attached hydrogens (tertiary/aromatic N) is 2. The molecule has 0 aliphatic heterocycles. The van der Waals surface area contributed by atoms with Gasteiger partial charge in [0.2, 0.25) is 0 Å². The minimum atomic E-state index is 0.893. The lowest BCUT2D eigenvalue weighted by Gasteiger charge is -1.99. The Balaban J connectivity index is 1.88. The number of unbranched alkanes of at least 4 members (excludes halogenated alkanes) is 1. The first-order valence-electron chi connectivity index (χ1n) is 8.17. The molecular formula is C21H24N2. The lowest BCUT2D eigenvalue weighted by atomic mass is 10.1. The fourth-order valence-electron chi connectivity index (χ4n) is 2.26. The quantitative estimate of drug-likeness (QED) is 0.363. The first-order valence-corrected chi connectivity index (χ1v) is 8.17. The molecule has 2 aromatic carbocycles. The smallest absolute Gasteiger partial charge is 0.0568 e. The van der Waals surface area contributed by atoms with E-state index in [-0.39, 0.29) is 0 Å². The second-order valence-corrected chi connectivity index (χ2v) is 5.57. The Kier molecular flexibility index (Phi) is 6.99. The lowest BCUT2D eigenvalue weighted by molar-refractivity contribution is 0.795. The van der Waals surface area contributed by atoms with Crippen molar-refractivity contribution in [3.63, 3.8) is 0 Å². The van der Waals surface area contributed by atoms with Crippen LogP contribution in [0.5, 0.6) is 0 Å². The van der Waals surface area contributed by atoms with Crippen LogP contribution in [-0.4, -0.2) is 12.4 Å². The van der Waals surface area contributed by atoms with Crippen molar-refractivity contribution >= 4 is 12.4 Å². The van der Waals surface area contributed by atoms with Gasteiger partial charge in [0.15, 0.2) is 0 Å². The summed E-state index contributed by atoms with van der Waals surface area (Å²) in [7, 11) is 0. The molecule has 0 atom stereocenters. The molecule has 0 radical (unpaired) electrons. The second kappa shape index (κ2) is 9.52. The van der Waals surface area contributed by atoms with Gasteiger partial charge in [-0.2, -0.15) is 10.2 Å². The van der Waals surface area contributed by atoms with Gasteiger partial charge in [0.05, 0.1) is 12.4 Å². The van der Waals surface area contributed by atoms with Crippen molar-refractivity contribution in [2.75, 3.05) is 0 Å².